The Kier molecular flexibility index (Phi) is 4.76. The SMILES string of the molecule is Cc1cc(C)cc(C(=O)Nc2cccc(C#Cc3cccc4[nH]nc(N)c34)c2)c1. The van der Waals surface area contributed by atoms with Crippen LogP contribution in [0.25, 0.3) is 10.9 Å². The molecule has 3 aromatic carbocycles. The fourth-order valence-corrected chi connectivity index (χ4v) is 3.33. The fraction of sp³-hybridized carbons (Fsp3) is 0.0833. The Morgan fingerprint density at radius 2 is 1.76 bits per heavy atom. The van der Waals surface area contributed by atoms with Gasteiger partial charge in [0.1, 0.15) is 0 Å². The first-order valence-electron chi connectivity index (χ1n) is 9.24. The highest BCUT2D eigenvalue weighted by atomic mass is 16.1. The number of H-pyrrole nitrogens is 1. The van der Waals surface area contributed by atoms with E-state index in [9.17, 15) is 4.79 Å². The van der Waals surface area contributed by atoms with Crippen LogP contribution in [0.15, 0.2) is 60.7 Å². The molecule has 4 aromatic rings. The smallest absolute Gasteiger partial charge is 0.255 e. The highest BCUT2D eigenvalue weighted by Crippen LogP contribution is 2.21. The molecule has 0 unspecified atom stereocenters. The summed E-state index contributed by atoms with van der Waals surface area (Å²) in [6, 6.07) is 19.0. The van der Waals surface area contributed by atoms with E-state index in [1.54, 1.807) is 0 Å². The first-order chi connectivity index (χ1) is 14.0. The number of carbonyl (C=O) groups is 1. The summed E-state index contributed by atoms with van der Waals surface area (Å²) in [5.41, 5.74) is 11.8. The number of hydrogen-bond acceptors (Lipinski definition) is 3. The monoisotopic (exact) mass is 380 g/mol. The van der Waals surface area contributed by atoms with Crippen LogP contribution in [-0.2, 0) is 0 Å². The normalized spacial score (nSPS) is 10.4. The molecule has 29 heavy (non-hydrogen) atoms. The van der Waals surface area contributed by atoms with Gasteiger partial charge in [0.25, 0.3) is 5.91 Å². The van der Waals surface area contributed by atoms with Crippen molar-refractivity contribution >= 4 is 28.3 Å². The number of nitrogen functional groups attached to an aromatic ring is 1. The van der Waals surface area contributed by atoms with E-state index in [1.165, 1.54) is 0 Å². The summed E-state index contributed by atoms with van der Waals surface area (Å²) in [6.45, 7) is 3.96. The summed E-state index contributed by atoms with van der Waals surface area (Å²) in [4.78, 5) is 12.6. The van der Waals surface area contributed by atoms with Crippen LogP contribution in [0.5, 0.6) is 0 Å². The summed E-state index contributed by atoms with van der Waals surface area (Å²) in [5.74, 6) is 6.59. The number of amides is 1. The number of nitrogens with two attached hydrogens (primary N) is 1. The molecule has 0 fully saturated rings. The molecule has 0 bridgehead atoms. The molecule has 0 radical (unpaired) electrons. The number of aryl methyl sites for hydroxylation is 2. The first kappa shape index (κ1) is 18.3. The van der Waals surface area contributed by atoms with Gasteiger partial charge in [-0.3, -0.25) is 9.89 Å². The van der Waals surface area contributed by atoms with Gasteiger partial charge in [-0.15, -0.1) is 0 Å². The van der Waals surface area contributed by atoms with E-state index >= 15 is 0 Å². The van der Waals surface area contributed by atoms with Crippen molar-refractivity contribution in [2.24, 2.45) is 0 Å². The first-order valence-corrected chi connectivity index (χ1v) is 9.24. The number of rotatable bonds is 2. The van der Waals surface area contributed by atoms with Gasteiger partial charge < -0.3 is 11.1 Å². The lowest BCUT2D eigenvalue weighted by Crippen LogP contribution is -2.12. The lowest BCUT2D eigenvalue weighted by atomic mass is 10.1. The maximum Gasteiger partial charge on any atom is 0.255 e. The van der Waals surface area contributed by atoms with E-state index in [0.717, 1.165) is 33.2 Å². The Hall–Kier alpha value is -4.04. The molecule has 0 saturated heterocycles. The minimum Gasteiger partial charge on any atom is -0.382 e. The van der Waals surface area contributed by atoms with Crippen LogP contribution >= 0.6 is 0 Å². The summed E-state index contributed by atoms with van der Waals surface area (Å²) in [7, 11) is 0. The van der Waals surface area contributed by atoms with Crippen LogP contribution < -0.4 is 11.1 Å². The molecule has 1 heterocycles. The van der Waals surface area contributed by atoms with Crippen molar-refractivity contribution in [1.29, 1.82) is 0 Å². The van der Waals surface area contributed by atoms with Crippen LogP contribution in [0.4, 0.5) is 11.5 Å². The van der Waals surface area contributed by atoms with E-state index in [4.69, 9.17) is 5.73 Å². The second-order valence-corrected chi connectivity index (χ2v) is 7.00. The molecule has 0 aliphatic heterocycles. The molecule has 0 spiro atoms. The summed E-state index contributed by atoms with van der Waals surface area (Å²) >= 11 is 0. The van der Waals surface area contributed by atoms with Crippen molar-refractivity contribution in [1.82, 2.24) is 10.2 Å². The van der Waals surface area contributed by atoms with Gasteiger partial charge in [0.05, 0.1) is 10.9 Å². The zero-order valence-corrected chi connectivity index (χ0v) is 16.2. The van der Waals surface area contributed by atoms with E-state index in [0.29, 0.717) is 17.1 Å². The van der Waals surface area contributed by atoms with Crippen molar-refractivity contribution in [2.45, 2.75) is 13.8 Å². The van der Waals surface area contributed by atoms with Crippen LogP contribution in [0.2, 0.25) is 0 Å². The number of nitrogens with zero attached hydrogens (tertiary/aromatic N) is 1. The quantitative estimate of drug-likeness (QED) is 0.450. The van der Waals surface area contributed by atoms with Gasteiger partial charge >= 0.3 is 0 Å². The molecular weight excluding hydrogens is 360 g/mol. The van der Waals surface area contributed by atoms with Crippen LogP contribution in [0.1, 0.15) is 32.6 Å². The minimum atomic E-state index is -0.141. The Labute approximate surface area is 168 Å². The molecule has 4 rings (SSSR count). The minimum absolute atomic E-state index is 0.141. The number of aromatic amines is 1. The average molecular weight is 380 g/mol. The number of aromatic nitrogens is 2. The number of hydrogen-bond donors (Lipinski definition) is 3. The lowest BCUT2D eigenvalue weighted by Gasteiger charge is -2.07. The highest BCUT2D eigenvalue weighted by molar-refractivity contribution is 6.04. The average Bonchev–Trinajstić information content (AvgIpc) is 3.07. The van der Waals surface area contributed by atoms with Gasteiger partial charge in [-0.25, -0.2) is 0 Å². The fourth-order valence-electron chi connectivity index (χ4n) is 3.33. The molecule has 0 saturated carbocycles. The zero-order valence-electron chi connectivity index (χ0n) is 16.2. The standard InChI is InChI=1S/C24H20N4O/c1-15-11-16(2)13-19(12-15)24(29)26-20-7-3-5-17(14-20)9-10-18-6-4-8-21-22(18)23(25)28-27-21/h3-8,11-14H,1-2H3,(H,26,29)(H3,25,27,28). The van der Waals surface area contributed by atoms with Crippen LogP contribution in [-0.4, -0.2) is 16.1 Å². The third-order valence-electron chi connectivity index (χ3n) is 4.56. The topological polar surface area (TPSA) is 83.8 Å². The molecule has 4 N–H and O–H groups in total. The van der Waals surface area contributed by atoms with E-state index in [1.807, 2.05) is 74.5 Å². The molecule has 1 amide bonds. The molecule has 5 nitrogen and oxygen atoms in total. The van der Waals surface area contributed by atoms with Gasteiger partial charge in [0.2, 0.25) is 0 Å². The molecule has 142 valence electrons. The van der Waals surface area contributed by atoms with Crippen molar-refractivity contribution in [3.05, 3.63) is 88.5 Å². The van der Waals surface area contributed by atoms with Crippen molar-refractivity contribution in [3.63, 3.8) is 0 Å². The van der Waals surface area contributed by atoms with Crippen molar-refractivity contribution < 1.29 is 4.79 Å². The maximum absolute atomic E-state index is 12.6. The van der Waals surface area contributed by atoms with E-state index in [-0.39, 0.29) is 5.91 Å². The Morgan fingerprint density at radius 3 is 2.55 bits per heavy atom. The van der Waals surface area contributed by atoms with E-state index < -0.39 is 0 Å². The molecule has 5 heteroatoms. The molecule has 1 aromatic heterocycles. The number of carbonyl (C=O) groups excluding carboxylic acids is 1. The van der Waals surface area contributed by atoms with Gasteiger partial charge in [-0.05, 0) is 56.3 Å². The largest absolute Gasteiger partial charge is 0.382 e. The van der Waals surface area contributed by atoms with Gasteiger partial charge in [-0.1, -0.05) is 41.2 Å². The van der Waals surface area contributed by atoms with E-state index in [2.05, 4.69) is 27.4 Å². The summed E-state index contributed by atoms with van der Waals surface area (Å²) < 4.78 is 0. The number of fused-ring (bicyclic) bond motifs is 1. The van der Waals surface area contributed by atoms with Crippen molar-refractivity contribution in [2.75, 3.05) is 11.1 Å². The number of nitrogens with one attached hydrogen (secondary N) is 2. The van der Waals surface area contributed by atoms with Crippen LogP contribution in [0, 0.1) is 25.7 Å². The maximum atomic E-state index is 12.6. The lowest BCUT2D eigenvalue weighted by molar-refractivity contribution is 0.102. The molecule has 0 atom stereocenters. The molecular formula is C24H20N4O. The third kappa shape index (κ3) is 3.97. The van der Waals surface area contributed by atoms with Crippen LogP contribution in [0.3, 0.4) is 0 Å². The second-order valence-electron chi connectivity index (χ2n) is 7.00. The second kappa shape index (κ2) is 7.53. The highest BCUT2D eigenvalue weighted by Gasteiger charge is 2.08. The predicted octanol–water partition coefficient (Wildman–Crippen LogP) is 4.41. The summed E-state index contributed by atoms with van der Waals surface area (Å²) in [6.07, 6.45) is 0. The summed E-state index contributed by atoms with van der Waals surface area (Å²) in [5, 5.41) is 10.7. The molecule has 0 aliphatic carbocycles. The predicted molar refractivity (Wildman–Crippen MR) is 117 cm³/mol. The Morgan fingerprint density at radius 1 is 1.00 bits per heavy atom. The number of benzene rings is 3. The van der Waals surface area contributed by atoms with Gasteiger partial charge in [0.15, 0.2) is 5.82 Å². The third-order valence-corrected chi connectivity index (χ3v) is 4.56. The Balaban J connectivity index is 1.59. The van der Waals surface area contributed by atoms with Crippen molar-refractivity contribution in [3.8, 4) is 11.8 Å². The van der Waals surface area contributed by atoms with Gasteiger partial charge in [0, 0.05) is 22.4 Å². The Bertz CT molecular complexity index is 1270. The molecule has 0 aliphatic rings. The number of anilines is 2. The zero-order chi connectivity index (χ0) is 20.4. The van der Waals surface area contributed by atoms with Gasteiger partial charge in [-0.2, -0.15) is 5.10 Å².